The second-order valence-electron chi connectivity index (χ2n) is 9.81. The number of amides is 4. The van der Waals surface area contributed by atoms with Crippen LogP contribution >= 0.6 is 0 Å². The topological polar surface area (TPSA) is 159 Å². The molecular formula is C29H34N4O8. The number of aliphatic hydroxyl groups is 1. The molecule has 4 amide bonds. The molecule has 218 valence electrons. The van der Waals surface area contributed by atoms with Crippen molar-refractivity contribution in [1.29, 1.82) is 0 Å². The monoisotopic (exact) mass is 566 g/mol. The fourth-order valence-electron chi connectivity index (χ4n) is 4.46. The third-order valence-corrected chi connectivity index (χ3v) is 6.83. The zero-order valence-corrected chi connectivity index (χ0v) is 23.4. The summed E-state index contributed by atoms with van der Waals surface area (Å²) in [4.78, 5) is 53.5. The van der Waals surface area contributed by atoms with E-state index in [9.17, 15) is 24.3 Å². The summed E-state index contributed by atoms with van der Waals surface area (Å²) < 4.78 is 16.9. The van der Waals surface area contributed by atoms with Crippen LogP contribution in [-0.4, -0.2) is 85.7 Å². The fourth-order valence-corrected chi connectivity index (χ4v) is 4.46. The Kier molecular flexibility index (Phi) is 9.13. The molecule has 12 nitrogen and oxygen atoms in total. The number of aliphatic hydroxyl groups excluding tert-OH is 1. The van der Waals surface area contributed by atoms with Gasteiger partial charge in [-0.25, -0.2) is 0 Å². The second-order valence-corrected chi connectivity index (χ2v) is 9.81. The molecule has 3 aromatic rings. The maximum absolute atomic E-state index is 13.6. The van der Waals surface area contributed by atoms with Gasteiger partial charge in [0.25, 0.3) is 11.8 Å². The maximum atomic E-state index is 13.6. The van der Waals surface area contributed by atoms with E-state index >= 15 is 0 Å². The summed E-state index contributed by atoms with van der Waals surface area (Å²) >= 11 is 0. The summed E-state index contributed by atoms with van der Waals surface area (Å²) in [5.74, 6) is -1.13. The second kappa shape index (κ2) is 12.7. The minimum Gasteiger partial charge on any atom is -0.497 e. The number of aryl methyl sites for hydroxylation is 2. The van der Waals surface area contributed by atoms with Crippen molar-refractivity contribution < 1.29 is 38.2 Å². The number of methoxy groups -OCH3 is 1. The Hall–Kier alpha value is -4.58. The van der Waals surface area contributed by atoms with Crippen molar-refractivity contribution >= 4 is 34.6 Å². The number of carbonyl (C=O) groups excluding carboxylic acids is 4. The summed E-state index contributed by atoms with van der Waals surface area (Å²) in [5.41, 5.74) is 2.07. The number of rotatable bonds is 3. The minimum atomic E-state index is -1.26. The summed E-state index contributed by atoms with van der Waals surface area (Å²) in [5, 5.41) is 18.9. The van der Waals surface area contributed by atoms with Gasteiger partial charge < -0.3 is 39.8 Å². The summed E-state index contributed by atoms with van der Waals surface area (Å²) in [6, 6.07) is 8.78. The van der Waals surface area contributed by atoms with Crippen LogP contribution in [0.4, 0.5) is 0 Å². The number of nitrogens with zero attached hydrogens (tertiary/aromatic N) is 1. The standard InChI is InChI=1S/C29H34N4O8/c1-16-5-6-19-13-22(16)40-12-10-30-24(35)15-33(11-9-31-28(37)25(18(3)34)32-27(19)36)29(38)26-17(2)21-8-7-20(39-4)14-23(21)41-26/h5-8,13-14,18,25,34H,9-12,15H2,1-4H3,(H,30,35)(H,31,37)(H,32,36)/t18-,25+/m1/s1. The van der Waals surface area contributed by atoms with Gasteiger partial charge in [-0.1, -0.05) is 6.07 Å². The van der Waals surface area contributed by atoms with Crippen LogP contribution in [0.25, 0.3) is 11.0 Å². The van der Waals surface area contributed by atoms with Crippen LogP contribution in [-0.2, 0) is 9.59 Å². The molecule has 41 heavy (non-hydrogen) atoms. The van der Waals surface area contributed by atoms with Crippen LogP contribution < -0.4 is 25.4 Å². The lowest BCUT2D eigenvalue weighted by Gasteiger charge is -2.24. The first kappa shape index (κ1) is 29.4. The highest BCUT2D eigenvalue weighted by Crippen LogP contribution is 2.29. The first-order valence-corrected chi connectivity index (χ1v) is 13.2. The van der Waals surface area contributed by atoms with Crippen LogP contribution in [0.1, 0.15) is 39.0 Å². The predicted octanol–water partition coefficient (Wildman–Crippen LogP) is 1.30. The van der Waals surface area contributed by atoms with Crippen molar-refractivity contribution in [2.45, 2.75) is 32.9 Å². The summed E-state index contributed by atoms with van der Waals surface area (Å²) in [7, 11) is 1.53. The van der Waals surface area contributed by atoms with Gasteiger partial charge in [0, 0.05) is 35.7 Å². The smallest absolute Gasteiger partial charge is 0.290 e. The number of hydrogen-bond acceptors (Lipinski definition) is 8. The SMILES string of the molecule is COc1ccc2c(C)c(C(=O)N3CCNC(=O)[C@H]([C@@H](C)O)NC(=O)c4ccc(C)c(c4)OCCNC(=O)C3)oc2c1. The van der Waals surface area contributed by atoms with Crippen molar-refractivity contribution in [3.8, 4) is 11.5 Å². The van der Waals surface area contributed by atoms with Crippen molar-refractivity contribution in [2.75, 3.05) is 39.9 Å². The molecule has 0 saturated heterocycles. The third-order valence-electron chi connectivity index (χ3n) is 6.83. The minimum absolute atomic E-state index is 0.0469. The van der Waals surface area contributed by atoms with E-state index in [4.69, 9.17) is 13.9 Å². The first-order chi connectivity index (χ1) is 19.6. The molecule has 2 heterocycles. The molecule has 2 aromatic carbocycles. The quantitative estimate of drug-likeness (QED) is 0.369. The Bertz CT molecular complexity index is 1460. The Morgan fingerprint density at radius 2 is 1.88 bits per heavy atom. The lowest BCUT2D eigenvalue weighted by atomic mass is 10.1. The molecule has 0 spiro atoms. The largest absolute Gasteiger partial charge is 0.497 e. The van der Waals surface area contributed by atoms with Gasteiger partial charge in [0.15, 0.2) is 5.76 Å². The van der Waals surface area contributed by atoms with E-state index in [1.165, 1.54) is 25.0 Å². The molecular weight excluding hydrogens is 532 g/mol. The highest BCUT2D eigenvalue weighted by Gasteiger charge is 2.28. The number of furan rings is 1. The van der Waals surface area contributed by atoms with Gasteiger partial charge in [0.1, 0.15) is 36.3 Å². The molecule has 1 aromatic heterocycles. The Morgan fingerprint density at radius 1 is 1.10 bits per heavy atom. The van der Waals surface area contributed by atoms with Crippen LogP contribution in [0.3, 0.4) is 0 Å². The van der Waals surface area contributed by atoms with Gasteiger partial charge in [-0.15, -0.1) is 0 Å². The molecule has 0 fully saturated rings. The highest BCUT2D eigenvalue weighted by atomic mass is 16.5. The molecule has 0 radical (unpaired) electrons. The summed E-state index contributed by atoms with van der Waals surface area (Å²) in [6.07, 6.45) is -1.21. The molecule has 4 rings (SSSR count). The van der Waals surface area contributed by atoms with E-state index in [-0.39, 0.29) is 44.1 Å². The van der Waals surface area contributed by atoms with Gasteiger partial charge in [-0.05, 0) is 50.6 Å². The molecule has 1 aliphatic heterocycles. The van der Waals surface area contributed by atoms with Crippen molar-refractivity contribution in [1.82, 2.24) is 20.9 Å². The molecule has 1 aliphatic rings. The lowest BCUT2D eigenvalue weighted by molar-refractivity contribution is -0.125. The molecule has 0 unspecified atom stereocenters. The van der Waals surface area contributed by atoms with E-state index in [1.807, 2.05) is 6.92 Å². The van der Waals surface area contributed by atoms with E-state index < -0.39 is 35.8 Å². The lowest BCUT2D eigenvalue weighted by Crippen LogP contribution is -2.53. The Morgan fingerprint density at radius 3 is 2.61 bits per heavy atom. The Balaban J connectivity index is 1.59. The van der Waals surface area contributed by atoms with Crippen molar-refractivity contribution in [2.24, 2.45) is 0 Å². The highest BCUT2D eigenvalue weighted by molar-refractivity contribution is 6.01. The zero-order valence-electron chi connectivity index (χ0n) is 23.4. The van der Waals surface area contributed by atoms with Crippen LogP contribution in [0.2, 0.25) is 0 Å². The van der Waals surface area contributed by atoms with E-state index in [2.05, 4.69) is 16.0 Å². The third kappa shape index (κ3) is 6.77. The molecule has 12 heteroatoms. The van der Waals surface area contributed by atoms with Crippen LogP contribution in [0.5, 0.6) is 11.5 Å². The van der Waals surface area contributed by atoms with Gasteiger partial charge in [-0.3, -0.25) is 19.2 Å². The van der Waals surface area contributed by atoms with E-state index in [1.54, 1.807) is 37.3 Å². The molecule has 0 saturated carbocycles. The number of nitrogens with one attached hydrogen (secondary N) is 3. The fraction of sp³-hybridized carbons (Fsp3) is 0.379. The van der Waals surface area contributed by atoms with Gasteiger partial charge in [0.2, 0.25) is 11.8 Å². The van der Waals surface area contributed by atoms with E-state index in [0.717, 1.165) is 10.9 Å². The average Bonchev–Trinajstić information content (AvgIpc) is 3.28. The average molecular weight is 567 g/mol. The summed E-state index contributed by atoms with van der Waals surface area (Å²) in [6.45, 7) is 4.81. The molecule has 0 aliphatic carbocycles. The normalized spacial score (nSPS) is 18.0. The van der Waals surface area contributed by atoms with Crippen molar-refractivity contribution in [3.05, 3.63) is 58.8 Å². The molecule has 2 bridgehead atoms. The van der Waals surface area contributed by atoms with Gasteiger partial charge >= 0.3 is 0 Å². The van der Waals surface area contributed by atoms with E-state index in [0.29, 0.717) is 22.6 Å². The van der Waals surface area contributed by atoms with Crippen molar-refractivity contribution in [3.63, 3.8) is 0 Å². The Labute approximate surface area is 237 Å². The van der Waals surface area contributed by atoms with Crippen LogP contribution in [0, 0.1) is 13.8 Å². The maximum Gasteiger partial charge on any atom is 0.290 e. The number of fused-ring (bicyclic) bond motifs is 3. The van der Waals surface area contributed by atoms with Crippen LogP contribution in [0.15, 0.2) is 40.8 Å². The first-order valence-electron chi connectivity index (χ1n) is 13.2. The molecule has 2 atom stereocenters. The number of carbonyl (C=O) groups is 4. The predicted molar refractivity (Wildman–Crippen MR) is 149 cm³/mol. The zero-order chi connectivity index (χ0) is 29.7. The number of hydrogen-bond donors (Lipinski definition) is 4. The molecule has 4 N–H and O–H groups in total. The van der Waals surface area contributed by atoms with Gasteiger partial charge in [0.05, 0.1) is 19.8 Å². The number of ether oxygens (including phenoxy) is 2. The van der Waals surface area contributed by atoms with Gasteiger partial charge in [-0.2, -0.15) is 0 Å². The number of benzene rings is 2.